The zero-order valence-corrected chi connectivity index (χ0v) is 12.1. The van der Waals surface area contributed by atoms with Crippen LogP contribution in [0.15, 0.2) is 76.2 Å². The molecule has 2 unspecified atom stereocenters. The maximum atomic E-state index is 11.9. The predicted molar refractivity (Wildman–Crippen MR) is 81.8 cm³/mol. The van der Waals surface area contributed by atoms with Gasteiger partial charge in [0.2, 0.25) is 0 Å². The third-order valence-electron chi connectivity index (χ3n) is 3.90. The lowest BCUT2D eigenvalue weighted by molar-refractivity contribution is -0.598. The highest BCUT2D eigenvalue weighted by Crippen LogP contribution is 2.36. The molecule has 0 aromatic carbocycles. The minimum atomic E-state index is 0.202. The lowest BCUT2D eigenvalue weighted by Crippen LogP contribution is -2.29. The van der Waals surface area contributed by atoms with E-state index < -0.39 is 0 Å². The summed E-state index contributed by atoms with van der Waals surface area (Å²) >= 11 is 0. The van der Waals surface area contributed by atoms with Crippen LogP contribution in [0.5, 0.6) is 0 Å². The van der Waals surface area contributed by atoms with Crippen molar-refractivity contribution in [2.24, 2.45) is 22.1 Å². The van der Waals surface area contributed by atoms with E-state index in [0.29, 0.717) is 17.4 Å². The molecule has 4 nitrogen and oxygen atoms in total. The molecule has 0 saturated heterocycles. The van der Waals surface area contributed by atoms with Gasteiger partial charge < -0.3 is 5.21 Å². The van der Waals surface area contributed by atoms with Gasteiger partial charge in [0.05, 0.1) is 10.8 Å². The molecule has 4 heteroatoms. The molecule has 0 spiro atoms. The molecule has 106 valence electrons. The molecule has 21 heavy (non-hydrogen) atoms. The molecular formula is C17H17N3O. The van der Waals surface area contributed by atoms with E-state index in [9.17, 15) is 5.21 Å². The number of hydrogen-bond donors (Lipinski definition) is 0. The van der Waals surface area contributed by atoms with Gasteiger partial charge in [-0.2, -0.15) is 0 Å². The van der Waals surface area contributed by atoms with E-state index in [-0.39, 0.29) is 5.92 Å². The van der Waals surface area contributed by atoms with Crippen molar-refractivity contribution in [1.82, 2.24) is 0 Å². The van der Waals surface area contributed by atoms with E-state index >= 15 is 0 Å². The Balaban J connectivity index is 1.90. The van der Waals surface area contributed by atoms with Gasteiger partial charge in [-0.25, -0.2) is 4.73 Å². The van der Waals surface area contributed by atoms with Crippen molar-refractivity contribution in [3.63, 3.8) is 0 Å². The van der Waals surface area contributed by atoms with Crippen LogP contribution in [0.2, 0.25) is 0 Å². The number of nitrogens with zero attached hydrogens (tertiary/aromatic N) is 3. The normalized spacial score (nSPS) is 23.9. The summed E-state index contributed by atoms with van der Waals surface area (Å²) < 4.78 is 0.794. The third kappa shape index (κ3) is 2.57. The van der Waals surface area contributed by atoms with Gasteiger partial charge in [0, 0.05) is 17.9 Å². The molecular weight excluding hydrogens is 262 g/mol. The molecule has 0 N–H and O–H groups in total. The average molecular weight is 279 g/mol. The maximum Gasteiger partial charge on any atom is 0.353 e. The number of aromatic nitrogens is 1. The fraction of sp³-hybridized carbons (Fsp3) is 0.235. The van der Waals surface area contributed by atoms with Crippen LogP contribution in [0.3, 0.4) is 0 Å². The highest BCUT2D eigenvalue weighted by Gasteiger charge is 2.27. The summed E-state index contributed by atoms with van der Waals surface area (Å²) in [6, 6.07) is 5.23. The summed E-state index contributed by atoms with van der Waals surface area (Å²) in [6.45, 7) is 3.88. The highest BCUT2D eigenvalue weighted by molar-refractivity contribution is 5.37. The number of pyridine rings is 1. The first-order chi connectivity index (χ1) is 10.2. The van der Waals surface area contributed by atoms with Crippen molar-refractivity contribution >= 4 is 5.82 Å². The minimum Gasteiger partial charge on any atom is -0.710 e. The van der Waals surface area contributed by atoms with Gasteiger partial charge in [0.15, 0.2) is 0 Å². The summed E-state index contributed by atoms with van der Waals surface area (Å²) in [5.41, 5.74) is 2.81. The topological polar surface area (TPSA) is 51.7 Å². The van der Waals surface area contributed by atoms with Gasteiger partial charge in [-0.05, 0) is 37.2 Å². The molecule has 0 fully saturated rings. The smallest absolute Gasteiger partial charge is 0.353 e. The Bertz CT molecular complexity index is 711. The summed E-state index contributed by atoms with van der Waals surface area (Å²) in [4.78, 5) is 0. The van der Waals surface area contributed by atoms with Crippen molar-refractivity contribution in [1.29, 1.82) is 0 Å². The third-order valence-corrected chi connectivity index (χ3v) is 3.90. The Labute approximate surface area is 124 Å². The monoisotopic (exact) mass is 279 g/mol. The van der Waals surface area contributed by atoms with Crippen LogP contribution in [0.25, 0.3) is 0 Å². The Morgan fingerprint density at radius 1 is 1.00 bits per heavy atom. The molecule has 2 atom stereocenters. The fourth-order valence-electron chi connectivity index (χ4n) is 2.64. The maximum absolute atomic E-state index is 11.9. The van der Waals surface area contributed by atoms with E-state index in [4.69, 9.17) is 0 Å². The van der Waals surface area contributed by atoms with Crippen LogP contribution in [0, 0.1) is 24.0 Å². The Morgan fingerprint density at radius 2 is 1.76 bits per heavy atom. The van der Waals surface area contributed by atoms with Crippen LogP contribution in [-0.2, 0) is 0 Å². The first-order valence-corrected chi connectivity index (χ1v) is 7.01. The fourth-order valence-corrected chi connectivity index (χ4v) is 2.64. The predicted octanol–water partition coefficient (Wildman–Crippen LogP) is 3.91. The zero-order chi connectivity index (χ0) is 14.8. The summed E-state index contributed by atoms with van der Waals surface area (Å²) in [5, 5.41) is 20.3. The molecule has 0 saturated carbocycles. The summed E-state index contributed by atoms with van der Waals surface area (Å²) in [7, 11) is 0. The van der Waals surface area contributed by atoms with Crippen LogP contribution < -0.4 is 4.73 Å². The molecule has 0 amide bonds. The van der Waals surface area contributed by atoms with Crippen molar-refractivity contribution in [3.05, 3.63) is 76.8 Å². The van der Waals surface area contributed by atoms with Gasteiger partial charge in [0.25, 0.3) is 0 Å². The summed E-state index contributed by atoms with van der Waals surface area (Å²) in [5.74, 6) is 0.855. The van der Waals surface area contributed by atoms with Gasteiger partial charge in [-0.15, -0.1) is 0 Å². The second-order valence-corrected chi connectivity index (χ2v) is 5.34. The summed E-state index contributed by atoms with van der Waals surface area (Å²) in [6.07, 6.45) is 12.5. The van der Waals surface area contributed by atoms with E-state index in [1.54, 1.807) is 19.1 Å². The first-order valence-electron chi connectivity index (χ1n) is 7.01. The Kier molecular flexibility index (Phi) is 3.52. The van der Waals surface area contributed by atoms with Gasteiger partial charge in [0.1, 0.15) is 5.69 Å². The second-order valence-electron chi connectivity index (χ2n) is 5.34. The Morgan fingerprint density at radius 3 is 2.57 bits per heavy atom. The van der Waals surface area contributed by atoms with E-state index in [1.807, 2.05) is 18.2 Å². The van der Waals surface area contributed by atoms with E-state index in [2.05, 4.69) is 41.5 Å². The molecule has 1 heterocycles. The van der Waals surface area contributed by atoms with E-state index in [1.165, 1.54) is 5.57 Å². The van der Waals surface area contributed by atoms with E-state index in [0.717, 1.165) is 10.4 Å². The van der Waals surface area contributed by atoms with Gasteiger partial charge in [-0.3, -0.25) is 0 Å². The SMILES string of the molecule is CC1=CC=C(N=Nc2cccc(C)[n+]2[O-])C2C=CC=CC12. The van der Waals surface area contributed by atoms with Crippen molar-refractivity contribution in [2.45, 2.75) is 13.8 Å². The lowest BCUT2D eigenvalue weighted by atomic mass is 9.78. The molecule has 0 radical (unpaired) electrons. The van der Waals surface area contributed by atoms with Gasteiger partial charge >= 0.3 is 5.82 Å². The number of fused-ring (bicyclic) bond motifs is 1. The van der Waals surface area contributed by atoms with Crippen molar-refractivity contribution in [3.8, 4) is 0 Å². The van der Waals surface area contributed by atoms with Crippen molar-refractivity contribution < 1.29 is 4.73 Å². The second kappa shape index (κ2) is 5.48. The van der Waals surface area contributed by atoms with Crippen molar-refractivity contribution in [2.75, 3.05) is 0 Å². The van der Waals surface area contributed by atoms with Crippen LogP contribution in [-0.4, -0.2) is 0 Å². The van der Waals surface area contributed by atoms with Crippen LogP contribution >= 0.6 is 0 Å². The Hall–Kier alpha value is -2.49. The largest absolute Gasteiger partial charge is 0.710 e. The minimum absolute atomic E-state index is 0.202. The van der Waals surface area contributed by atoms with Gasteiger partial charge in [-0.1, -0.05) is 36.0 Å². The number of rotatable bonds is 2. The molecule has 2 aliphatic carbocycles. The van der Waals surface area contributed by atoms with Crippen LogP contribution in [0.4, 0.5) is 5.82 Å². The lowest BCUT2D eigenvalue weighted by Gasteiger charge is -2.26. The molecule has 1 aromatic rings. The zero-order valence-electron chi connectivity index (χ0n) is 12.1. The molecule has 0 aliphatic heterocycles. The number of hydrogen-bond acceptors (Lipinski definition) is 3. The average Bonchev–Trinajstić information content (AvgIpc) is 2.51. The quantitative estimate of drug-likeness (QED) is 0.460. The number of allylic oxidation sites excluding steroid dienone is 7. The first kappa shape index (κ1) is 13.5. The highest BCUT2D eigenvalue weighted by atomic mass is 16.5. The molecule has 1 aromatic heterocycles. The van der Waals surface area contributed by atoms with Crippen LogP contribution in [0.1, 0.15) is 12.6 Å². The number of azo groups is 1. The molecule has 3 rings (SSSR count). The molecule has 2 aliphatic rings. The molecule has 0 bridgehead atoms. The standard InChI is InChI=1S/C17H17N3O/c1-12-10-11-16(15-8-4-3-7-14(12)15)18-19-17-9-5-6-13(2)20(17)21/h3-11,14-15H,1-2H3. The number of aryl methyl sites for hydroxylation is 1.